The highest BCUT2D eigenvalue weighted by Crippen LogP contribution is 2.20. The van der Waals surface area contributed by atoms with Crippen molar-refractivity contribution in [2.75, 3.05) is 0 Å². The predicted octanol–water partition coefficient (Wildman–Crippen LogP) is 1.45. The first-order valence-corrected chi connectivity index (χ1v) is 8.37. The van der Waals surface area contributed by atoms with E-state index in [1.807, 2.05) is 6.92 Å². The molecule has 0 unspecified atom stereocenters. The Balaban J connectivity index is 2.07. The van der Waals surface area contributed by atoms with Crippen LogP contribution in [0.15, 0.2) is 21.9 Å². The molecule has 3 N–H and O–H groups in total. The highest BCUT2D eigenvalue weighted by molar-refractivity contribution is 7.91. The highest BCUT2D eigenvalue weighted by Gasteiger charge is 2.16. The van der Waals surface area contributed by atoms with Crippen molar-refractivity contribution < 1.29 is 8.42 Å². The van der Waals surface area contributed by atoms with Crippen molar-refractivity contribution >= 4 is 32.7 Å². The lowest BCUT2D eigenvalue weighted by atomic mass is 10.4. The van der Waals surface area contributed by atoms with E-state index in [2.05, 4.69) is 9.71 Å². The lowest BCUT2D eigenvalue weighted by Gasteiger charge is -2.01. The molecule has 0 aliphatic rings. The molecular formula is C10H13N3O2S3. The van der Waals surface area contributed by atoms with E-state index >= 15 is 0 Å². The maximum absolute atomic E-state index is 12.0. The quantitative estimate of drug-likeness (QED) is 0.875. The Morgan fingerprint density at radius 2 is 2.28 bits per heavy atom. The van der Waals surface area contributed by atoms with Crippen LogP contribution in [0.1, 0.15) is 15.4 Å². The van der Waals surface area contributed by atoms with Gasteiger partial charge in [0.25, 0.3) is 0 Å². The molecule has 0 spiro atoms. The second kappa shape index (κ2) is 5.45. The van der Waals surface area contributed by atoms with Crippen molar-refractivity contribution in [3.63, 3.8) is 0 Å². The van der Waals surface area contributed by atoms with Crippen molar-refractivity contribution in [3.8, 4) is 0 Å². The van der Waals surface area contributed by atoms with Crippen molar-refractivity contribution in [3.05, 3.63) is 33.1 Å². The zero-order valence-electron chi connectivity index (χ0n) is 9.71. The van der Waals surface area contributed by atoms with Gasteiger partial charge in [-0.1, -0.05) is 0 Å². The van der Waals surface area contributed by atoms with Gasteiger partial charge in [-0.15, -0.1) is 22.7 Å². The van der Waals surface area contributed by atoms with Crippen LogP contribution in [0.2, 0.25) is 0 Å². The number of aromatic nitrogens is 1. The van der Waals surface area contributed by atoms with Crippen molar-refractivity contribution in [2.45, 2.75) is 24.2 Å². The fraction of sp³-hybridized carbons (Fsp3) is 0.300. The lowest BCUT2D eigenvalue weighted by molar-refractivity contribution is 0.583. The molecule has 0 aliphatic heterocycles. The maximum Gasteiger partial charge on any atom is 0.250 e. The van der Waals surface area contributed by atoms with E-state index in [-0.39, 0.29) is 10.8 Å². The van der Waals surface area contributed by atoms with Crippen LogP contribution in [0, 0.1) is 6.92 Å². The normalized spacial score (nSPS) is 11.9. The Hall–Kier alpha value is -0.800. The second-order valence-electron chi connectivity index (χ2n) is 3.67. The van der Waals surface area contributed by atoms with Crippen LogP contribution < -0.4 is 10.5 Å². The fourth-order valence-electron chi connectivity index (χ4n) is 1.31. The van der Waals surface area contributed by atoms with E-state index in [4.69, 9.17) is 5.73 Å². The fourth-order valence-corrected chi connectivity index (χ4v) is 4.38. The number of rotatable bonds is 5. The number of sulfonamides is 1. The van der Waals surface area contributed by atoms with Crippen LogP contribution in [0.25, 0.3) is 0 Å². The van der Waals surface area contributed by atoms with Gasteiger partial charge in [0.15, 0.2) is 0 Å². The zero-order chi connectivity index (χ0) is 13.2. The average molecular weight is 303 g/mol. The number of nitrogens with two attached hydrogens (primary N) is 1. The Bertz CT molecular complexity index is 630. The van der Waals surface area contributed by atoms with Gasteiger partial charge in [0.05, 0.1) is 6.54 Å². The van der Waals surface area contributed by atoms with Crippen LogP contribution in [0.3, 0.4) is 0 Å². The summed E-state index contributed by atoms with van der Waals surface area (Å²) in [7, 11) is -3.46. The van der Waals surface area contributed by atoms with E-state index in [9.17, 15) is 8.42 Å². The molecule has 0 aliphatic carbocycles. The van der Waals surface area contributed by atoms with Gasteiger partial charge in [-0.25, -0.2) is 18.1 Å². The standard InChI is InChI=1S/C10H13N3O2S3/c1-7-4-12-9(17-7)5-13-18(14,15)10-2-8(3-11)6-16-10/h2,4,6,13H,3,5,11H2,1H3. The Kier molecular flexibility index (Phi) is 4.13. The van der Waals surface area contributed by atoms with Gasteiger partial charge < -0.3 is 5.73 Å². The molecule has 2 heterocycles. The third kappa shape index (κ3) is 3.15. The molecule has 2 aromatic heterocycles. The number of thiazole rings is 1. The molecule has 0 saturated carbocycles. The number of hydrogen-bond acceptors (Lipinski definition) is 6. The minimum Gasteiger partial charge on any atom is -0.326 e. The Morgan fingerprint density at radius 1 is 1.50 bits per heavy atom. The smallest absolute Gasteiger partial charge is 0.250 e. The van der Waals surface area contributed by atoms with Crippen molar-refractivity contribution in [2.24, 2.45) is 5.73 Å². The molecule has 0 amide bonds. The molecule has 0 fully saturated rings. The predicted molar refractivity (Wildman–Crippen MR) is 73.1 cm³/mol. The summed E-state index contributed by atoms with van der Waals surface area (Å²) in [5, 5.41) is 2.51. The molecule has 0 saturated heterocycles. The SMILES string of the molecule is Cc1cnc(CNS(=O)(=O)c2cc(CN)cs2)s1. The summed E-state index contributed by atoms with van der Waals surface area (Å²) in [5.74, 6) is 0. The van der Waals surface area contributed by atoms with Gasteiger partial charge in [0, 0.05) is 17.6 Å². The zero-order valence-corrected chi connectivity index (χ0v) is 12.2. The number of thiophene rings is 1. The first kappa shape index (κ1) is 13.6. The van der Waals surface area contributed by atoms with Crippen LogP contribution in [-0.4, -0.2) is 13.4 Å². The third-order valence-corrected chi connectivity index (χ3v) is 6.02. The van der Waals surface area contributed by atoms with E-state index in [0.29, 0.717) is 6.54 Å². The molecule has 0 bridgehead atoms. The van der Waals surface area contributed by atoms with Crippen molar-refractivity contribution in [1.29, 1.82) is 0 Å². The van der Waals surface area contributed by atoms with Gasteiger partial charge in [0.1, 0.15) is 9.22 Å². The first-order chi connectivity index (χ1) is 8.51. The molecule has 98 valence electrons. The monoisotopic (exact) mass is 303 g/mol. The molecule has 2 rings (SSSR count). The van der Waals surface area contributed by atoms with Gasteiger partial charge in [-0.05, 0) is 23.9 Å². The lowest BCUT2D eigenvalue weighted by Crippen LogP contribution is -2.22. The summed E-state index contributed by atoms with van der Waals surface area (Å²) in [4.78, 5) is 5.17. The van der Waals surface area contributed by atoms with E-state index in [0.717, 1.165) is 15.4 Å². The molecule has 0 atom stereocenters. The highest BCUT2D eigenvalue weighted by atomic mass is 32.2. The minimum absolute atomic E-state index is 0.219. The molecule has 5 nitrogen and oxygen atoms in total. The topological polar surface area (TPSA) is 85.1 Å². The van der Waals surface area contributed by atoms with Crippen LogP contribution in [0.5, 0.6) is 0 Å². The van der Waals surface area contributed by atoms with Gasteiger partial charge in [0.2, 0.25) is 10.0 Å². The van der Waals surface area contributed by atoms with Gasteiger partial charge in [-0.3, -0.25) is 0 Å². The first-order valence-electron chi connectivity index (χ1n) is 5.20. The maximum atomic E-state index is 12.0. The number of nitrogens with zero attached hydrogens (tertiary/aromatic N) is 1. The van der Waals surface area contributed by atoms with Crippen LogP contribution in [0.4, 0.5) is 0 Å². The second-order valence-corrected chi connectivity index (χ2v) is 7.89. The molecule has 0 aromatic carbocycles. The summed E-state index contributed by atoms with van der Waals surface area (Å²) >= 11 is 2.65. The third-order valence-electron chi connectivity index (χ3n) is 2.21. The Morgan fingerprint density at radius 3 is 2.83 bits per heavy atom. The van der Waals surface area contributed by atoms with E-state index in [1.54, 1.807) is 17.6 Å². The number of nitrogens with one attached hydrogen (secondary N) is 1. The van der Waals surface area contributed by atoms with Crippen LogP contribution in [-0.2, 0) is 23.1 Å². The molecule has 8 heteroatoms. The summed E-state index contributed by atoms with van der Waals surface area (Å²) in [6.45, 7) is 2.50. The average Bonchev–Trinajstić information content (AvgIpc) is 2.95. The Labute approximate surface area is 114 Å². The number of hydrogen-bond donors (Lipinski definition) is 2. The van der Waals surface area contributed by atoms with Crippen LogP contribution >= 0.6 is 22.7 Å². The summed E-state index contributed by atoms with van der Waals surface area (Å²) in [5.41, 5.74) is 6.28. The molecule has 2 aromatic rings. The summed E-state index contributed by atoms with van der Waals surface area (Å²) < 4.78 is 26.8. The molecule has 18 heavy (non-hydrogen) atoms. The van der Waals surface area contributed by atoms with Crippen molar-refractivity contribution in [1.82, 2.24) is 9.71 Å². The summed E-state index contributed by atoms with van der Waals surface area (Å²) in [6, 6.07) is 1.60. The molecule has 0 radical (unpaired) electrons. The summed E-state index contributed by atoms with van der Waals surface area (Å²) in [6.07, 6.45) is 1.73. The minimum atomic E-state index is -3.46. The largest absolute Gasteiger partial charge is 0.326 e. The number of aryl methyl sites for hydroxylation is 1. The van der Waals surface area contributed by atoms with Gasteiger partial charge in [-0.2, -0.15) is 0 Å². The molecular weight excluding hydrogens is 290 g/mol. The van der Waals surface area contributed by atoms with Gasteiger partial charge >= 0.3 is 0 Å². The van der Waals surface area contributed by atoms with E-state index in [1.165, 1.54) is 22.7 Å². The van der Waals surface area contributed by atoms with E-state index < -0.39 is 10.0 Å².